The molecule has 1 aliphatic heterocycles. The van der Waals surface area contributed by atoms with Gasteiger partial charge in [0.1, 0.15) is 4.21 Å². The van der Waals surface area contributed by atoms with Crippen molar-refractivity contribution >= 4 is 44.6 Å². The Morgan fingerprint density at radius 1 is 1.03 bits per heavy atom. The van der Waals surface area contributed by atoms with Crippen molar-refractivity contribution in [2.75, 3.05) is 18.4 Å². The van der Waals surface area contributed by atoms with Gasteiger partial charge in [0.25, 0.3) is 15.9 Å². The van der Waals surface area contributed by atoms with Crippen LogP contribution in [0.5, 0.6) is 0 Å². The first-order valence-electron chi connectivity index (χ1n) is 11.8. The minimum Gasteiger partial charge on any atom is -0.382 e. The van der Waals surface area contributed by atoms with Crippen molar-refractivity contribution in [3.63, 3.8) is 0 Å². The normalized spacial score (nSPS) is 15.1. The standard InChI is InChI=1S/C26H30ClN3O3S2/c1-2-3-19-4-10-22(11-5-19)29-23-14-16-30(17-15-23)35(32,33)25-13-12-24(34-25)18-28-26(31)20-6-8-21(27)9-7-20/h4-13,23,29H,2-3,14-18H2,1H3,(H,28,31). The van der Waals surface area contributed by atoms with Crippen LogP contribution in [0.2, 0.25) is 5.02 Å². The molecule has 1 aliphatic rings. The van der Waals surface area contributed by atoms with Gasteiger partial charge in [0, 0.05) is 40.3 Å². The summed E-state index contributed by atoms with van der Waals surface area (Å²) in [7, 11) is -3.55. The average Bonchev–Trinajstić information content (AvgIpc) is 3.35. The quantitative estimate of drug-likeness (QED) is 0.379. The SMILES string of the molecule is CCCc1ccc(NC2CCN(S(=O)(=O)c3ccc(CNC(=O)c4ccc(Cl)cc4)s3)CC2)cc1. The van der Waals surface area contributed by atoms with Crippen molar-refractivity contribution in [2.24, 2.45) is 0 Å². The number of thiophene rings is 1. The smallest absolute Gasteiger partial charge is 0.252 e. The average molecular weight is 532 g/mol. The third-order valence-electron chi connectivity index (χ3n) is 6.08. The number of rotatable bonds is 9. The Hall–Kier alpha value is -2.39. The van der Waals surface area contributed by atoms with E-state index in [4.69, 9.17) is 11.6 Å². The fourth-order valence-electron chi connectivity index (χ4n) is 4.12. The fraction of sp³-hybridized carbons (Fsp3) is 0.346. The Labute approximate surface area is 216 Å². The maximum absolute atomic E-state index is 13.2. The predicted molar refractivity (Wildman–Crippen MR) is 143 cm³/mol. The van der Waals surface area contributed by atoms with E-state index in [2.05, 4.69) is 41.8 Å². The maximum atomic E-state index is 13.2. The van der Waals surface area contributed by atoms with E-state index >= 15 is 0 Å². The summed E-state index contributed by atoms with van der Waals surface area (Å²) in [6.07, 6.45) is 3.72. The molecule has 0 radical (unpaired) electrons. The zero-order valence-electron chi connectivity index (χ0n) is 19.7. The highest BCUT2D eigenvalue weighted by Crippen LogP contribution is 2.28. The molecule has 0 atom stereocenters. The minimum absolute atomic E-state index is 0.228. The van der Waals surface area contributed by atoms with Gasteiger partial charge in [0.2, 0.25) is 0 Å². The first kappa shape index (κ1) is 25.7. The number of carbonyl (C=O) groups is 1. The summed E-state index contributed by atoms with van der Waals surface area (Å²) in [4.78, 5) is 13.1. The molecule has 1 aromatic heterocycles. The number of carbonyl (C=O) groups excluding carboxylic acids is 1. The van der Waals surface area contributed by atoms with E-state index in [0.29, 0.717) is 27.9 Å². The van der Waals surface area contributed by atoms with Crippen molar-refractivity contribution in [1.29, 1.82) is 0 Å². The van der Waals surface area contributed by atoms with Crippen LogP contribution in [0.3, 0.4) is 0 Å². The van der Waals surface area contributed by atoms with Crippen LogP contribution in [0, 0.1) is 0 Å². The van der Waals surface area contributed by atoms with Crippen LogP contribution in [0.25, 0.3) is 0 Å². The lowest BCUT2D eigenvalue weighted by molar-refractivity contribution is 0.0951. The number of hydrogen-bond donors (Lipinski definition) is 2. The molecule has 0 spiro atoms. The molecule has 1 amide bonds. The maximum Gasteiger partial charge on any atom is 0.252 e. The second-order valence-corrected chi connectivity index (χ2v) is 12.4. The lowest BCUT2D eigenvalue weighted by atomic mass is 10.1. The number of benzene rings is 2. The van der Waals surface area contributed by atoms with Crippen LogP contribution >= 0.6 is 22.9 Å². The number of piperidine rings is 1. The summed E-state index contributed by atoms with van der Waals surface area (Å²) in [5, 5.41) is 6.94. The summed E-state index contributed by atoms with van der Waals surface area (Å²) < 4.78 is 28.2. The third kappa shape index (κ3) is 6.64. The Kier molecular flexibility index (Phi) is 8.49. The number of halogens is 1. The largest absolute Gasteiger partial charge is 0.382 e. The molecule has 1 fully saturated rings. The first-order valence-corrected chi connectivity index (χ1v) is 14.5. The van der Waals surface area contributed by atoms with E-state index in [9.17, 15) is 13.2 Å². The van der Waals surface area contributed by atoms with Gasteiger partial charge in [-0.15, -0.1) is 11.3 Å². The molecule has 1 saturated heterocycles. The van der Waals surface area contributed by atoms with Crippen LogP contribution in [0.4, 0.5) is 5.69 Å². The zero-order valence-corrected chi connectivity index (χ0v) is 22.1. The van der Waals surface area contributed by atoms with Crippen molar-refractivity contribution in [3.8, 4) is 0 Å². The predicted octanol–water partition coefficient (Wildman–Crippen LogP) is 5.55. The van der Waals surface area contributed by atoms with Gasteiger partial charge in [-0.2, -0.15) is 4.31 Å². The number of nitrogens with zero attached hydrogens (tertiary/aromatic N) is 1. The second-order valence-electron chi connectivity index (χ2n) is 8.68. The summed E-state index contributed by atoms with van der Waals surface area (Å²) in [5.41, 5.74) is 2.92. The molecule has 35 heavy (non-hydrogen) atoms. The molecule has 186 valence electrons. The number of amides is 1. The van der Waals surface area contributed by atoms with E-state index in [1.54, 1.807) is 40.7 Å². The van der Waals surface area contributed by atoms with Crippen LogP contribution < -0.4 is 10.6 Å². The van der Waals surface area contributed by atoms with Gasteiger partial charge in [-0.05, 0) is 73.4 Å². The number of anilines is 1. The molecule has 6 nitrogen and oxygen atoms in total. The Morgan fingerprint density at radius 3 is 2.37 bits per heavy atom. The van der Waals surface area contributed by atoms with Crippen molar-refractivity contribution in [3.05, 3.63) is 81.7 Å². The van der Waals surface area contributed by atoms with Gasteiger partial charge < -0.3 is 10.6 Å². The van der Waals surface area contributed by atoms with Crippen LogP contribution in [0.15, 0.2) is 64.9 Å². The van der Waals surface area contributed by atoms with Crippen LogP contribution in [-0.2, 0) is 23.0 Å². The lowest BCUT2D eigenvalue weighted by Gasteiger charge is -2.31. The molecule has 9 heteroatoms. The van der Waals surface area contributed by atoms with E-state index in [-0.39, 0.29) is 18.5 Å². The monoisotopic (exact) mass is 531 g/mol. The van der Waals surface area contributed by atoms with E-state index in [1.165, 1.54) is 16.9 Å². The van der Waals surface area contributed by atoms with Gasteiger partial charge in [-0.3, -0.25) is 4.79 Å². The van der Waals surface area contributed by atoms with E-state index < -0.39 is 10.0 Å². The van der Waals surface area contributed by atoms with Gasteiger partial charge in [0.05, 0.1) is 6.54 Å². The molecule has 2 aromatic carbocycles. The summed E-state index contributed by atoms with van der Waals surface area (Å²) in [5.74, 6) is -0.228. The third-order valence-corrected chi connectivity index (χ3v) is 9.78. The highest BCUT2D eigenvalue weighted by Gasteiger charge is 2.30. The number of nitrogens with one attached hydrogen (secondary N) is 2. The Morgan fingerprint density at radius 2 is 1.71 bits per heavy atom. The Balaban J connectivity index is 1.29. The lowest BCUT2D eigenvalue weighted by Crippen LogP contribution is -2.42. The van der Waals surface area contributed by atoms with Crippen LogP contribution in [0.1, 0.15) is 47.0 Å². The summed E-state index contributed by atoms with van der Waals surface area (Å²) in [6, 6.07) is 18.8. The molecule has 0 bridgehead atoms. The van der Waals surface area contributed by atoms with E-state index in [0.717, 1.165) is 36.2 Å². The molecule has 0 aliphatic carbocycles. The molecule has 2 N–H and O–H groups in total. The number of sulfonamides is 1. The molecule has 0 unspecified atom stereocenters. The van der Waals surface area contributed by atoms with Gasteiger partial charge in [-0.1, -0.05) is 37.1 Å². The second kappa shape index (κ2) is 11.6. The van der Waals surface area contributed by atoms with Gasteiger partial charge in [-0.25, -0.2) is 8.42 Å². The minimum atomic E-state index is -3.55. The topological polar surface area (TPSA) is 78.5 Å². The molecular weight excluding hydrogens is 502 g/mol. The Bertz CT molecular complexity index is 1230. The fourth-order valence-corrected chi connectivity index (χ4v) is 7.17. The highest BCUT2D eigenvalue weighted by atomic mass is 35.5. The molecule has 0 saturated carbocycles. The van der Waals surface area contributed by atoms with Gasteiger partial charge >= 0.3 is 0 Å². The summed E-state index contributed by atoms with van der Waals surface area (Å²) >= 11 is 7.06. The van der Waals surface area contributed by atoms with Crippen LogP contribution in [-0.4, -0.2) is 37.8 Å². The highest BCUT2D eigenvalue weighted by molar-refractivity contribution is 7.91. The molecule has 3 aromatic rings. The first-order chi connectivity index (χ1) is 16.8. The van der Waals surface area contributed by atoms with Gasteiger partial charge in [0.15, 0.2) is 0 Å². The number of aryl methyl sites for hydroxylation is 1. The molecular formula is C26H30ClN3O3S2. The zero-order chi connectivity index (χ0) is 24.8. The molecule has 4 rings (SSSR count). The number of hydrogen-bond acceptors (Lipinski definition) is 5. The van der Waals surface area contributed by atoms with Crippen molar-refractivity contribution < 1.29 is 13.2 Å². The van der Waals surface area contributed by atoms with Crippen molar-refractivity contribution in [1.82, 2.24) is 9.62 Å². The molecule has 2 heterocycles. The summed E-state index contributed by atoms with van der Waals surface area (Å²) in [6.45, 7) is 3.40. The van der Waals surface area contributed by atoms with E-state index in [1.807, 2.05) is 0 Å². The van der Waals surface area contributed by atoms with Crippen molar-refractivity contribution in [2.45, 2.75) is 49.4 Å².